The number of aryl methyl sites for hydroxylation is 1. The van der Waals surface area contributed by atoms with Crippen LogP contribution in [-0.2, 0) is 0 Å². The number of nitrogens with one attached hydrogen (secondary N) is 2. The van der Waals surface area contributed by atoms with E-state index in [1.54, 1.807) is 31.2 Å². The van der Waals surface area contributed by atoms with Gasteiger partial charge in [-0.1, -0.05) is 0 Å². The van der Waals surface area contributed by atoms with Crippen molar-refractivity contribution in [1.29, 1.82) is 0 Å². The summed E-state index contributed by atoms with van der Waals surface area (Å²) < 4.78 is 20.0. The lowest BCUT2D eigenvalue weighted by molar-refractivity contribution is 0.102. The van der Waals surface area contributed by atoms with Gasteiger partial charge in [0.05, 0.1) is 5.56 Å². The number of hydrogen-bond acceptors (Lipinski definition) is 5. The van der Waals surface area contributed by atoms with Gasteiger partial charge in [0.15, 0.2) is 11.5 Å². The van der Waals surface area contributed by atoms with Gasteiger partial charge >= 0.3 is 0 Å². The van der Waals surface area contributed by atoms with Gasteiger partial charge in [0.2, 0.25) is 0 Å². The van der Waals surface area contributed by atoms with Crippen LogP contribution in [0.5, 0.6) is 0 Å². The smallest absolute Gasteiger partial charge is 0.258 e. The molecule has 0 saturated carbocycles. The van der Waals surface area contributed by atoms with Crippen molar-refractivity contribution in [2.24, 2.45) is 0 Å². The second-order valence-corrected chi connectivity index (χ2v) is 6.83. The van der Waals surface area contributed by atoms with E-state index in [9.17, 15) is 9.18 Å². The largest absolute Gasteiger partial charge is 0.441 e. The SMILES string of the molecule is Cc1nc2ccc(NC(=O)c3ccc(N4CCNC(C)C4)cc3F)cc2o1.Cl.Cl. The molecule has 0 radical (unpaired) electrons. The Labute approximate surface area is 180 Å². The number of fused-ring (bicyclic) bond motifs is 1. The molecule has 29 heavy (non-hydrogen) atoms. The van der Waals surface area contributed by atoms with E-state index in [4.69, 9.17) is 4.42 Å². The molecule has 156 valence electrons. The van der Waals surface area contributed by atoms with Crippen LogP contribution >= 0.6 is 24.8 Å². The van der Waals surface area contributed by atoms with E-state index in [2.05, 4.69) is 27.4 Å². The molecular weight excluding hydrogens is 418 g/mol. The summed E-state index contributed by atoms with van der Waals surface area (Å²) in [7, 11) is 0. The fourth-order valence-electron chi connectivity index (χ4n) is 3.37. The molecule has 3 aromatic rings. The number of halogens is 3. The summed E-state index contributed by atoms with van der Waals surface area (Å²) in [6.07, 6.45) is 0. The van der Waals surface area contributed by atoms with Gasteiger partial charge in [-0.3, -0.25) is 4.79 Å². The Morgan fingerprint density at radius 1 is 1.28 bits per heavy atom. The normalized spacial score (nSPS) is 16.1. The minimum Gasteiger partial charge on any atom is -0.441 e. The number of hydrogen-bond donors (Lipinski definition) is 2. The molecule has 0 spiro atoms. The summed E-state index contributed by atoms with van der Waals surface area (Å²) >= 11 is 0. The van der Waals surface area contributed by atoms with Crippen molar-refractivity contribution in [3.05, 3.63) is 53.7 Å². The Morgan fingerprint density at radius 2 is 2.07 bits per heavy atom. The van der Waals surface area contributed by atoms with Crippen LogP contribution in [0.1, 0.15) is 23.2 Å². The lowest BCUT2D eigenvalue weighted by Gasteiger charge is -2.33. The predicted octanol–water partition coefficient (Wildman–Crippen LogP) is 4.17. The number of rotatable bonds is 3. The fraction of sp³-hybridized carbons (Fsp3) is 0.300. The average Bonchev–Trinajstić information content (AvgIpc) is 3.00. The highest BCUT2D eigenvalue weighted by molar-refractivity contribution is 6.05. The van der Waals surface area contributed by atoms with Crippen molar-refractivity contribution in [3.63, 3.8) is 0 Å². The van der Waals surface area contributed by atoms with Crippen molar-refractivity contribution < 1.29 is 13.6 Å². The van der Waals surface area contributed by atoms with Gasteiger partial charge in [-0.2, -0.15) is 0 Å². The highest BCUT2D eigenvalue weighted by Gasteiger charge is 2.19. The zero-order valence-corrected chi connectivity index (χ0v) is 17.7. The minimum atomic E-state index is -0.534. The molecule has 6 nitrogen and oxygen atoms in total. The van der Waals surface area contributed by atoms with Crippen LogP contribution in [0.3, 0.4) is 0 Å². The van der Waals surface area contributed by atoms with Crippen LogP contribution in [0.4, 0.5) is 15.8 Å². The molecule has 2 aromatic carbocycles. The maximum absolute atomic E-state index is 14.6. The van der Waals surface area contributed by atoms with Crippen LogP contribution < -0.4 is 15.5 Å². The van der Waals surface area contributed by atoms with Gasteiger partial charge in [0.25, 0.3) is 5.91 Å². The maximum Gasteiger partial charge on any atom is 0.258 e. The Hall–Kier alpha value is -2.35. The number of piperazine rings is 1. The summed E-state index contributed by atoms with van der Waals surface area (Å²) in [5, 5.41) is 6.07. The first-order valence-corrected chi connectivity index (χ1v) is 8.96. The van der Waals surface area contributed by atoms with E-state index < -0.39 is 11.7 Å². The Bertz CT molecular complexity index is 1010. The summed E-state index contributed by atoms with van der Waals surface area (Å²) in [4.78, 5) is 18.8. The molecule has 1 fully saturated rings. The van der Waals surface area contributed by atoms with E-state index in [0.717, 1.165) is 25.3 Å². The lowest BCUT2D eigenvalue weighted by atomic mass is 10.1. The molecule has 2 heterocycles. The summed E-state index contributed by atoms with van der Waals surface area (Å²) in [6, 6.07) is 10.3. The Balaban J connectivity index is 0.00000150. The second-order valence-electron chi connectivity index (χ2n) is 6.83. The third kappa shape index (κ3) is 4.98. The van der Waals surface area contributed by atoms with E-state index in [1.807, 2.05) is 0 Å². The van der Waals surface area contributed by atoms with Crippen molar-refractivity contribution >= 4 is 53.2 Å². The predicted molar refractivity (Wildman–Crippen MR) is 117 cm³/mol. The molecule has 1 aliphatic heterocycles. The molecule has 4 rings (SSSR count). The monoisotopic (exact) mass is 440 g/mol. The van der Waals surface area contributed by atoms with Gasteiger partial charge in [0, 0.05) is 50.0 Å². The van der Waals surface area contributed by atoms with E-state index in [-0.39, 0.29) is 30.4 Å². The van der Waals surface area contributed by atoms with Crippen LogP contribution in [0.25, 0.3) is 11.1 Å². The highest BCUT2D eigenvalue weighted by atomic mass is 35.5. The third-order valence-electron chi connectivity index (χ3n) is 4.68. The number of benzene rings is 2. The van der Waals surface area contributed by atoms with Gasteiger partial charge in [-0.15, -0.1) is 24.8 Å². The lowest BCUT2D eigenvalue weighted by Crippen LogP contribution is -2.49. The summed E-state index contributed by atoms with van der Waals surface area (Å²) in [5.74, 6) is -0.478. The first-order valence-electron chi connectivity index (χ1n) is 8.96. The standard InChI is InChI=1S/C20H21FN4O2.2ClH/c1-12-11-25(8-7-22-12)15-4-5-16(17(21)10-15)20(26)24-14-3-6-18-19(9-14)27-13(2)23-18;;/h3-6,9-10,12,22H,7-8,11H2,1-2H3,(H,24,26);2*1H. The first kappa shape index (κ1) is 22.9. The topological polar surface area (TPSA) is 70.4 Å². The van der Waals surface area contributed by atoms with Crippen LogP contribution in [-0.4, -0.2) is 36.6 Å². The van der Waals surface area contributed by atoms with Gasteiger partial charge in [0.1, 0.15) is 11.3 Å². The molecule has 1 saturated heterocycles. The van der Waals surface area contributed by atoms with E-state index in [0.29, 0.717) is 28.7 Å². The zero-order valence-electron chi connectivity index (χ0n) is 16.1. The van der Waals surface area contributed by atoms with Gasteiger partial charge in [-0.05, 0) is 37.3 Å². The van der Waals surface area contributed by atoms with Crippen molar-refractivity contribution in [1.82, 2.24) is 10.3 Å². The van der Waals surface area contributed by atoms with Crippen LogP contribution in [0.2, 0.25) is 0 Å². The molecule has 1 amide bonds. The van der Waals surface area contributed by atoms with Crippen molar-refractivity contribution in [2.45, 2.75) is 19.9 Å². The molecule has 0 aliphatic carbocycles. The maximum atomic E-state index is 14.6. The van der Waals surface area contributed by atoms with Crippen LogP contribution in [0.15, 0.2) is 40.8 Å². The highest BCUT2D eigenvalue weighted by Crippen LogP contribution is 2.23. The van der Waals surface area contributed by atoms with Crippen LogP contribution in [0, 0.1) is 12.7 Å². The number of oxazole rings is 1. The molecule has 2 N–H and O–H groups in total. The number of aromatic nitrogens is 1. The zero-order chi connectivity index (χ0) is 19.0. The Kier molecular flexibility index (Phi) is 7.46. The number of amides is 1. The number of carbonyl (C=O) groups is 1. The second kappa shape index (κ2) is 9.43. The third-order valence-corrected chi connectivity index (χ3v) is 4.68. The number of nitrogens with zero attached hydrogens (tertiary/aromatic N) is 2. The molecule has 1 aromatic heterocycles. The van der Waals surface area contributed by atoms with Gasteiger partial charge in [-0.25, -0.2) is 9.37 Å². The van der Waals surface area contributed by atoms with E-state index >= 15 is 0 Å². The van der Waals surface area contributed by atoms with Gasteiger partial charge < -0.3 is 20.0 Å². The fourth-order valence-corrected chi connectivity index (χ4v) is 3.37. The summed E-state index contributed by atoms with van der Waals surface area (Å²) in [6.45, 7) is 6.33. The number of carbonyl (C=O) groups excluding carboxylic acids is 1. The molecule has 9 heteroatoms. The molecule has 1 aliphatic rings. The van der Waals surface area contributed by atoms with E-state index in [1.165, 1.54) is 12.1 Å². The first-order chi connectivity index (χ1) is 13.0. The number of anilines is 2. The molecule has 1 atom stereocenters. The molecular formula is C20H23Cl2FN4O2. The Morgan fingerprint density at radius 3 is 2.79 bits per heavy atom. The minimum absolute atomic E-state index is 0. The molecule has 1 unspecified atom stereocenters. The van der Waals surface area contributed by atoms with Crippen molar-refractivity contribution in [3.8, 4) is 0 Å². The average molecular weight is 441 g/mol. The molecule has 0 bridgehead atoms. The summed E-state index contributed by atoms with van der Waals surface area (Å²) in [5.41, 5.74) is 2.62. The van der Waals surface area contributed by atoms with Crippen molar-refractivity contribution in [2.75, 3.05) is 29.9 Å². The quantitative estimate of drug-likeness (QED) is 0.639.